The molecule has 3 rings (SSSR count). The van der Waals surface area contributed by atoms with Gasteiger partial charge in [-0.05, 0) is 58.2 Å². The number of carbonyl (C=O) groups excluding carboxylic acids is 1. The van der Waals surface area contributed by atoms with E-state index in [-0.39, 0.29) is 24.9 Å². The molecule has 0 unspecified atom stereocenters. The van der Waals surface area contributed by atoms with Gasteiger partial charge in [-0.1, -0.05) is 12.1 Å². The number of rotatable bonds is 9. The summed E-state index contributed by atoms with van der Waals surface area (Å²) in [6.07, 6.45) is 1.55. The van der Waals surface area contributed by atoms with Crippen molar-refractivity contribution in [1.82, 2.24) is 10.3 Å². The van der Waals surface area contributed by atoms with E-state index in [0.717, 1.165) is 24.2 Å². The van der Waals surface area contributed by atoms with Crippen LogP contribution < -0.4 is 14.9 Å². The Balaban J connectivity index is 1.62. The van der Waals surface area contributed by atoms with E-state index in [9.17, 15) is 9.18 Å². The molecule has 31 heavy (non-hydrogen) atoms. The SMILES string of the molecule is CCOc1cc(/C=N/NC(=O)CN2CCOCC2)cc(Br)c1OCc1ccc(F)cc1. The molecule has 9 heteroatoms. The minimum Gasteiger partial charge on any atom is -0.490 e. The van der Waals surface area contributed by atoms with Crippen molar-refractivity contribution in [3.8, 4) is 11.5 Å². The normalized spacial score (nSPS) is 14.5. The summed E-state index contributed by atoms with van der Waals surface area (Å²) in [5.74, 6) is 0.613. The third kappa shape index (κ3) is 7.30. The second-order valence-corrected chi connectivity index (χ2v) is 7.71. The second kappa shape index (κ2) is 11.8. The number of halogens is 2. The van der Waals surface area contributed by atoms with Gasteiger partial charge in [0.25, 0.3) is 5.91 Å². The molecule has 1 amide bonds. The fourth-order valence-corrected chi connectivity index (χ4v) is 3.55. The van der Waals surface area contributed by atoms with Crippen LogP contribution in [0.3, 0.4) is 0 Å². The van der Waals surface area contributed by atoms with Crippen molar-refractivity contribution in [2.24, 2.45) is 5.10 Å². The maximum absolute atomic E-state index is 13.1. The van der Waals surface area contributed by atoms with Crippen molar-refractivity contribution < 1.29 is 23.4 Å². The predicted octanol–water partition coefficient (Wildman–Crippen LogP) is 3.35. The van der Waals surface area contributed by atoms with E-state index in [1.54, 1.807) is 24.4 Å². The van der Waals surface area contributed by atoms with Crippen LogP contribution in [-0.4, -0.2) is 56.5 Å². The number of morpholine rings is 1. The summed E-state index contributed by atoms with van der Waals surface area (Å²) in [4.78, 5) is 14.1. The van der Waals surface area contributed by atoms with Crippen LogP contribution in [0.1, 0.15) is 18.1 Å². The molecular formula is C22H25BrFN3O4. The third-order valence-electron chi connectivity index (χ3n) is 4.50. The molecule has 0 aromatic heterocycles. The van der Waals surface area contributed by atoms with E-state index in [1.807, 2.05) is 17.9 Å². The molecule has 0 aliphatic carbocycles. The van der Waals surface area contributed by atoms with Crippen molar-refractivity contribution in [2.75, 3.05) is 39.5 Å². The maximum atomic E-state index is 13.1. The van der Waals surface area contributed by atoms with Gasteiger partial charge in [-0.25, -0.2) is 9.82 Å². The molecule has 1 saturated heterocycles. The first-order chi connectivity index (χ1) is 15.0. The van der Waals surface area contributed by atoms with Crippen LogP contribution in [0.15, 0.2) is 46.0 Å². The van der Waals surface area contributed by atoms with Gasteiger partial charge in [0.2, 0.25) is 0 Å². The van der Waals surface area contributed by atoms with Crippen LogP contribution in [0, 0.1) is 5.82 Å². The molecule has 1 aliphatic heterocycles. The first-order valence-electron chi connectivity index (χ1n) is 10.0. The highest BCUT2D eigenvalue weighted by Crippen LogP contribution is 2.37. The molecule has 0 saturated carbocycles. The zero-order chi connectivity index (χ0) is 22.1. The number of nitrogens with one attached hydrogen (secondary N) is 1. The third-order valence-corrected chi connectivity index (χ3v) is 5.09. The van der Waals surface area contributed by atoms with E-state index in [2.05, 4.69) is 26.5 Å². The lowest BCUT2D eigenvalue weighted by molar-refractivity contribution is -0.123. The summed E-state index contributed by atoms with van der Waals surface area (Å²) in [5, 5.41) is 4.05. The average Bonchev–Trinajstić information content (AvgIpc) is 2.75. The van der Waals surface area contributed by atoms with Gasteiger partial charge >= 0.3 is 0 Å². The summed E-state index contributed by atoms with van der Waals surface area (Å²) >= 11 is 3.51. The summed E-state index contributed by atoms with van der Waals surface area (Å²) in [6, 6.07) is 9.73. The number of hydrogen-bond donors (Lipinski definition) is 1. The minimum absolute atomic E-state index is 0.179. The maximum Gasteiger partial charge on any atom is 0.254 e. The van der Waals surface area contributed by atoms with Gasteiger partial charge in [0.1, 0.15) is 12.4 Å². The smallest absolute Gasteiger partial charge is 0.254 e. The Morgan fingerprint density at radius 1 is 1.26 bits per heavy atom. The molecule has 166 valence electrons. The number of amides is 1. The first kappa shape index (κ1) is 23.2. The molecule has 0 bridgehead atoms. The Hall–Kier alpha value is -2.49. The van der Waals surface area contributed by atoms with Crippen LogP contribution in [-0.2, 0) is 16.1 Å². The van der Waals surface area contributed by atoms with E-state index >= 15 is 0 Å². The van der Waals surface area contributed by atoms with Crippen molar-refractivity contribution in [2.45, 2.75) is 13.5 Å². The Morgan fingerprint density at radius 3 is 2.71 bits per heavy atom. The molecule has 7 nitrogen and oxygen atoms in total. The predicted molar refractivity (Wildman–Crippen MR) is 119 cm³/mol. The minimum atomic E-state index is -0.291. The van der Waals surface area contributed by atoms with Gasteiger partial charge in [-0.3, -0.25) is 9.69 Å². The van der Waals surface area contributed by atoms with Gasteiger partial charge in [-0.15, -0.1) is 0 Å². The summed E-state index contributed by atoms with van der Waals surface area (Å²) < 4.78 is 30.7. The van der Waals surface area contributed by atoms with Crippen LogP contribution in [0.4, 0.5) is 4.39 Å². The molecule has 2 aromatic rings. The highest BCUT2D eigenvalue weighted by atomic mass is 79.9. The Labute approximate surface area is 189 Å². The van der Waals surface area contributed by atoms with Gasteiger partial charge < -0.3 is 14.2 Å². The van der Waals surface area contributed by atoms with Gasteiger partial charge in [-0.2, -0.15) is 5.10 Å². The van der Waals surface area contributed by atoms with Crippen LogP contribution in [0.5, 0.6) is 11.5 Å². The summed E-state index contributed by atoms with van der Waals surface area (Å²) in [6.45, 7) is 5.64. The van der Waals surface area contributed by atoms with Crippen LogP contribution >= 0.6 is 15.9 Å². The van der Waals surface area contributed by atoms with Crippen LogP contribution in [0.25, 0.3) is 0 Å². The molecule has 0 atom stereocenters. The highest BCUT2D eigenvalue weighted by molar-refractivity contribution is 9.10. The second-order valence-electron chi connectivity index (χ2n) is 6.86. The molecule has 1 fully saturated rings. The highest BCUT2D eigenvalue weighted by Gasteiger charge is 2.14. The Morgan fingerprint density at radius 2 is 2.00 bits per heavy atom. The van der Waals surface area contributed by atoms with Crippen molar-refractivity contribution in [1.29, 1.82) is 0 Å². The largest absolute Gasteiger partial charge is 0.490 e. The molecule has 0 radical (unpaired) electrons. The summed E-state index contributed by atoms with van der Waals surface area (Å²) in [7, 11) is 0. The van der Waals surface area contributed by atoms with Crippen LogP contribution in [0.2, 0.25) is 0 Å². The van der Waals surface area contributed by atoms with E-state index in [0.29, 0.717) is 35.8 Å². The number of benzene rings is 2. The van der Waals surface area contributed by atoms with E-state index in [4.69, 9.17) is 14.2 Å². The number of nitrogens with zero attached hydrogens (tertiary/aromatic N) is 2. The van der Waals surface area contributed by atoms with Gasteiger partial charge in [0.05, 0.1) is 37.1 Å². The lowest BCUT2D eigenvalue weighted by Crippen LogP contribution is -2.42. The molecule has 0 spiro atoms. The lowest BCUT2D eigenvalue weighted by atomic mass is 10.2. The monoisotopic (exact) mass is 493 g/mol. The number of carbonyl (C=O) groups is 1. The number of ether oxygens (including phenoxy) is 3. The molecule has 1 heterocycles. The zero-order valence-corrected chi connectivity index (χ0v) is 18.9. The molecular weight excluding hydrogens is 469 g/mol. The van der Waals surface area contributed by atoms with Crippen molar-refractivity contribution in [3.05, 3.63) is 57.8 Å². The van der Waals surface area contributed by atoms with Crippen molar-refractivity contribution in [3.63, 3.8) is 0 Å². The first-order valence-corrected chi connectivity index (χ1v) is 10.8. The fraction of sp³-hybridized carbons (Fsp3) is 0.364. The van der Waals surface area contributed by atoms with Gasteiger partial charge in [0, 0.05) is 13.1 Å². The molecule has 2 aromatic carbocycles. The lowest BCUT2D eigenvalue weighted by Gasteiger charge is -2.25. The van der Waals surface area contributed by atoms with Gasteiger partial charge in [0.15, 0.2) is 11.5 Å². The fourth-order valence-electron chi connectivity index (χ4n) is 2.98. The molecule has 1 N–H and O–H groups in total. The van der Waals surface area contributed by atoms with E-state index in [1.165, 1.54) is 12.1 Å². The van der Waals surface area contributed by atoms with E-state index < -0.39 is 0 Å². The molecule has 1 aliphatic rings. The average molecular weight is 494 g/mol. The standard InChI is InChI=1S/C22H25BrFN3O4/c1-2-30-20-12-17(13-25-26-21(28)14-27-7-9-29-10-8-27)11-19(23)22(20)31-15-16-3-5-18(24)6-4-16/h3-6,11-13H,2,7-10,14-15H2,1H3,(H,26,28)/b25-13+. The topological polar surface area (TPSA) is 72.4 Å². The Bertz CT molecular complexity index is 902. The number of hydrazone groups is 1. The van der Waals surface area contributed by atoms with Crippen molar-refractivity contribution >= 4 is 28.1 Å². The quantitative estimate of drug-likeness (QED) is 0.428. The summed E-state index contributed by atoms with van der Waals surface area (Å²) in [5.41, 5.74) is 4.12. The Kier molecular flexibility index (Phi) is 8.81. The zero-order valence-electron chi connectivity index (χ0n) is 17.3. The number of hydrogen-bond acceptors (Lipinski definition) is 6.